The van der Waals surface area contributed by atoms with Crippen LogP contribution in [-0.4, -0.2) is 39.8 Å². The van der Waals surface area contributed by atoms with Gasteiger partial charge in [-0.1, -0.05) is 0 Å². The summed E-state index contributed by atoms with van der Waals surface area (Å²) in [4.78, 5) is 12.6. The second-order valence-corrected chi connectivity index (χ2v) is 8.56. The zero-order valence-electron chi connectivity index (χ0n) is 14.9. The largest absolute Gasteiger partial charge is 0.486 e. The standard InChI is InChI=1S/C19H20N2O5S/c1-2-27(23,24)21-8-7-13-11-14(3-5-16(13)21)19(22)20-15-4-6-17-18(12-15)26-10-9-25-17/h3-6,11-12H,2,7-10H2,1H3,(H,20,22). The molecule has 2 aliphatic rings. The summed E-state index contributed by atoms with van der Waals surface area (Å²) in [5.41, 5.74) is 2.62. The maximum absolute atomic E-state index is 12.6. The number of amides is 1. The van der Waals surface area contributed by atoms with Crippen molar-refractivity contribution >= 4 is 27.3 Å². The van der Waals surface area contributed by atoms with Crippen LogP contribution in [0.25, 0.3) is 0 Å². The third kappa shape index (κ3) is 3.32. The van der Waals surface area contributed by atoms with Crippen LogP contribution >= 0.6 is 0 Å². The maximum atomic E-state index is 12.6. The SMILES string of the molecule is CCS(=O)(=O)N1CCc2cc(C(=O)Nc3ccc4c(c3)OCCO4)ccc21. The van der Waals surface area contributed by atoms with E-state index in [9.17, 15) is 13.2 Å². The number of anilines is 2. The molecule has 0 aromatic heterocycles. The number of hydrogen-bond acceptors (Lipinski definition) is 5. The molecule has 0 atom stereocenters. The fraction of sp³-hybridized carbons (Fsp3) is 0.316. The Morgan fingerprint density at radius 3 is 2.67 bits per heavy atom. The number of carbonyl (C=O) groups is 1. The summed E-state index contributed by atoms with van der Waals surface area (Å²) in [6.07, 6.45) is 0.597. The van der Waals surface area contributed by atoms with Gasteiger partial charge in [-0.15, -0.1) is 0 Å². The van der Waals surface area contributed by atoms with Crippen LogP contribution in [0.2, 0.25) is 0 Å². The summed E-state index contributed by atoms with van der Waals surface area (Å²) in [5, 5.41) is 2.85. The molecular formula is C19H20N2O5S. The van der Waals surface area contributed by atoms with Crippen molar-refractivity contribution in [2.75, 3.05) is 35.1 Å². The van der Waals surface area contributed by atoms with E-state index in [4.69, 9.17) is 9.47 Å². The number of fused-ring (bicyclic) bond motifs is 2. The molecule has 1 amide bonds. The molecule has 0 fully saturated rings. The van der Waals surface area contributed by atoms with Crippen molar-refractivity contribution in [1.82, 2.24) is 0 Å². The van der Waals surface area contributed by atoms with Gasteiger partial charge in [0.15, 0.2) is 11.5 Å². The third-order valence-electron chi connectivity index (χ3n) is 4.70. The lowest BCUT2D eigenvalue weighted by Gasteiger charge is -2.19. The van der Waals surface area contributed by atoms with Gasteiger partial charge in [0, 0.05) is 23.9 Å². The molecule has 4 rings (SSSR count). The average Bonchev–Trinajstić information content (AvgIpc) is 3.12. The Hall–Kier alpha value is -2.74. The number of nitrogens with one attached hydrogen (secondary N) is 1. The van der Waals surface area contributed by atoms with Crippen molar-refractivity contribution < 1.29 is 22.7 Å². The molecule has 2 aromatic rings. The lowest BCUT2D eigenvalue weighted by Crippen LogP contribution is -2.30. The number of sulfonamides is 1. The first-order valence-corrected chi connectivity index (χ1v) is 10.4. The van der Waals surface area contributed by atoms with Crippen LogP contribution < -0.4 is 19.1 Å². The fourth-order valence-electron chi connectivity index (χ4n) is 3.28. The van der Waals surface area contributed by atoms with Crippen LogP contribution in [0.4, 0.5) is 11.4 Å². The fourth-order valence-corrected chi connectivity index (χ4v) is 4.44. The van der Waals surface area contributed by atoms with Crippen molar-refractivity contribution in [3.05, 3.63) is 47.5 Å². The van der Waals surface area contributed by atoms with Gasteiger partial charge in [0.1, 0.15) is 13.2 Å². The van der Waals surface area contributed by atoms with E-state index in [1.54, 1.807) is 43.3 Å². The number of rotatable bonds is 4. The molecule has 0 unspecified atom stereocenters. The Kier molecular flexibility index (Phi) is 4.43. The Morgan fingerprint density at radius 2 is 1.89 bits per heavy atom. The predicted octanol–water partition coefficient (Wildman–Crippen LogP) is 2.42. The van der Waals surface area contributed by atoms with E-state index in [1.165, 1.54) is 4.31 Å². The van der Waals surface area contributed by atoms with E-state index in [0.717, 1.165) is 5.56 Å². The number of ether oxygens (including phenoxy) is 2. The van der Waals surface area contributed by atoms with E-state index < -0.39 is 10.0 Å². The van der Waals surface area contributed by atoms with Crippen molar-refractivity contribution in [3.8, 4) is 11.5 Å². The number of hydrogen-bond donors (Lipinski definition) is 1. The molecule has 0 bridgehead atoms. The van der Waals surface area contributed by atoms with Crippen molar-refractivity contribution in [1.29, 1.82) is 0 Å². The van der Waals surface area contributed by atoms with Crippen LogP contribution in [-0.2, 0) is 16.4 Å². The Morgan fingerprint density at radius 1 is 1.11 bits per heavy atom. The van der Waals surface area contributed by atoms with Gasteiger partial charge in [0.05, 0.1) is 11.4 Å². The predicted molar refractivity (Wildman–Crippen MR) is 102 cm³/mol. The minimum absolute atomic E-state index is 0.0544. The quantitative estimate of drug-likeness (QED) is 0.870. The highest BCUT2D eigenvalue weighted by molar-refractivity contribution is 7.92. The van der Waals surface area contributed by atoms with Crippen molar-refractivity contribution in [3.63, 3.8) is 0 Å². The van der Waals surface area contributed by atoms with E-state index in [2.05, 4.69) is 5.32 Å². The molecular weight excluding hydrogens is 368 g/mol. The summed E-state index contributed by atoms with van der Waals surface area (Å²) in [7, 11) is -3.29. The molecule has 0 saturated carbocycles. The zero-order valence-corrected chi connectivity index (χ0v) is 15.7. The first-order valence-electron chi connectivity index (χ1n) is 8.82. The molecule has 0 aliphatic carbocycles. The van der Waals surface area contributed by atoms with Crippen LogP contribution in [0.3, 0.4) is 0 Å². The van der Waals surface area contributed by atoms with E-state index in [-0.39, 0.29) is 11.7 Å². The topological polar surface area (TPSA) is 84.9 Å². The lowest BCUT2D eigenvalue weighted by molar-refractivity contribution is 0.102. The molecule has 2 aromatic carbocycles. The van der Waals surface area contributed by atoms with Crippen molar-refractivity contribution in [2.45, 2.75) is 13.3 Å². The van der Waals surface area contributed by atoms with Gasteiger partial charge in [-0.2, -0.15) is 0 Å². The molecule has 0 radical (unpaired) electrons. The second-order valence-electron chi connectivity index (χ2n) is 6.38. The van der Waals surface area contributed by atoms with Gasteiger partial charge in [0.25, 0.3) is 5.91 Å². The molecule has 7 nitrogen and oxygen atoms in total. The highest BCUT2D eigenvalue weighted by Crippen LogP contribution is 2.34. The zero-order chi connectivity index (χ0) is 19.0. The van der Waals surface area contributed by atoms with Gasteiger partial charge < -0.3 is 14.8 Å². The average molecular weight is 388 g/mol. The lowest BCUT2D eigenvalue weighted by atomic mass is 10.1. The molecule has 2 aliphatic heterocycles. The van der Waals surface area contributed by atoms with Gasteiger partial charge in [-0.3, -0.25) is 9.10 Å². The molecule has 27 heavy (non-hydrogen) atoms. The molecule has 142 valence electrons. The molecule has 2 heterocycles. The van der Waals surface area contributed by atoms with Gasteiger partial charge in [-0.25, -0.2) is 8.42 Å². The smallest absolute Gasteiger partial charge is 0.255 e. The highest BCUT2D eigenvalue weighted by Gasteiger charge is 2.28. The summed E-state index contributed by atoms with van der Waals surface area (Å²) in [5.74, 6) is 1.06. The van der Waals surface area contributed by atoms with E-state index in [0.29, 0.717) is 54.6 Å². The Bertz CT molecular complexity index is 1000. The molecule has 8 heteroatoms. The minimum atomic E-state index is -3.29. The molecule has 0 spiro atoms. The first-order chi connectivity index (χ1) is 13.0. The first kappa shape index (κ1) is 17.7. The van der Waals surface area contributed by atoms with E-state index >= 15 is 0 Å². The van der Waals surface area contributed by atoms with Gasteiger partial charge >= 0.3 is 0 Å². The van der Waals surface area contributed by atoms with Crippen LogP contribution in [0.1, 0.15) is 22.8 Å². The summed E-state index contributed by atoms with van der Waals surface area (Å²) < 4.78 is 36.8. The van der Waals surface area contributed by atoms with Crippen LogP contribution in [0.5, 0.6) is 11.5 Å². The number of nitrogens with zero attached hydrogens (tertiary/aromatic N) is 1. The van der Waals surface area contributed by atoms with Gasteiger partial charge in [0.2, 0.25) is 10.0 Å². The summed E-state index contributed by atoms with van der Waals surface area (Å²) in [6, 6.07) is 10.4. The third-order valence-corrected chi connectivity index (χ3v) is 6.48. The summed E-state index contributed by atoms with van der Waals surface area (Å²) in [6.45, 7) is 3.03. The maximum Gasteiger partial charge on any atom is 0.255 e. The number of carbonyl (C=O) groups excluding carboxylic acids is 1. The Balaban J connectivity index is 1.54. The molecule has 1 N–H and O–H groups in total. The highest BCUT2D eigenvalue weighted by atomic mass is 32.2. The van der Waals surface area contributed by atoms with Crippen LogP contribution in [0, 0.1) is 0 Å². The van der Waals surface area contributed by atoms with E-state index in [1.807, 2.05) is 0 Å². The molecule has 0 saturated heterocycles. The monoisotopic (exact) mass is 388 g/mol. The van der Waals surface area contributed by atoms with Gasteiger partial charge in [-0.05, 0) is 49.2 Å². The van der Waals surface area contributed by atoms with Crippen molar-refractivity contribution in [2.24, 2.45) is 0 Å². The summed E-state index contributed by atoms with van der Waals surface area (Å²) >= 11 is 0. The normalized spacial score (nSPS) is 15.4. The number of benzene rings is 2. The minimum Gasteiger partial charge on any atom is -0.486 e. The Labute approximate surface area is 157 Å². The second kappa shape index (κ2) is 6.77. The van der Waals surface area contributed by atoms with Crippen LogP contribution in [0.15, 0.2) is 36.4 Å².